The van der Waals surface area contributed by atoms with Gasteiger partial charge >= 0.3 is 0 Å². The Morgan fingerprint density at radius 3 is 2.69 bits per heavy atom. The molecule has 2 atom stereocenters. The first-order valence-electron chi connectivity index (χ1n) is 5.63. The van der Waals surface area contributed by atoms with Crippen LogP contribution in [-0.4, -0.2) is 24.6 Å². The first-order valence-corrected chi connectivity index (χ1v) is 5.63. The third kappa shape index (κ3) is 2.42. The minimum Gasteiger partial charge on any atom is -0.508 e. The molecule has 0 amide bonds. The third-order valence-electron chi connectivity index (χ3n) is 3.13. The summed E-state index contributed by atoms with van der Waals surface area (Å²) in [6, 6.07) is 6.86. The Bertz CT molecular complexity index is 339. The smallest absolute Gasteiger partial charge is 0.127 e. The molecule has 2 unspecified atom stereocenters. The number of carbonyl (C=O) groups excluding carboxylic acids is 1. The molecule has 3 nitrogen and oxygen atoms in total. The Labute approximate surface area is 95.0 Å². The molecule has 1 aliphatic rings. The molecular weight excluding hydrogens is 204 g/mol. The number of aldehydes is 1. The Balaban J connectivity index is 2.14. The lowest BCUT2D eigenvalue weighted by Crippen LogP contribution is -2.24. The maximum absolute atomic E-state index is 11.2. The predicted octanol–water partition coefficient (Wildman–Crippen LogP) is 2.10. The van der Waals surface area contributed by atoms with Crippen molar-refractivity contribution in [2.24, 2.45) is 5.92 Å². The number of benzene rings is 1. The fraction of sp³-hybridized carbons (Fsp3) is 0.462. The van der Waals surface area contributed by atoms with Gasteiger partial charge in [-0.1, -0.05) is 12.1 Å². The van der Waals surface area contributed by atoms with Crippen LogP contribution in [0.2, 0.25) is 0 Å². The molecule has 0 saturated carbocycles. The average molecular weight is 220 g/mol. The number of carbonyl (C=O) groups is 1. The first kappa shape index (κ1) is 11.1. The highest BCUT2D eigenvalue weighted by atomic mass is 16.5. The van der Waals surface area contributed by atoms with Crippen molar-refractivity contribution in [1.29, 1.82) is 0 Å². The molecule has 0 aliphatic carbocycles. The molecule has 0 bridgehead atoms. The summed E-state index contributed by atoms with van der Waals surface area (Å²) >= 11 is 0. The molecule has 0 aromatic heterocycles. The zero-order valence-corrected chi connectivity index (χ0v) is 9.13. The molecule has 1 aromatic rings. The molecule has 0 radical (unpaired) electrons. The largest absolute Gasteiger partial charge is 0.508 e. The SMILES string of the molecule is O=CC(c1ccc(O)cc1)C1CCCOC1. The van der Waals surface area contributed by atoms with Crippen molar-refractivity contribution in [2.45, 2.75) is 18.8 Å². The van der Waals surface area contributed by atoms with Crippen LogP contribution in [-0.2, 0) is 9.53 Å². The van der Waals surface area contributed by atoms with Gasteiger partial charge in [-0.15, -0.1) is 0 Å². The van der Waals surface area contributed by atoms with Crippen molar-refractivity contribution in [3.05, 3.63) is 29.8 Å². The summed E-state index contributed by atoms with van der Waals surface area (Å²) in [6.07, 6.45) is 3.04. The van der Waals surface area contributed by atoms with Crippen molar-refractivity contribution in [2.75, 3.05) is 13.2 Å². The summed E-state index contributed by atoms with van der Waals surface area (Å²) in [5.74, 6) is 0.394. The van der Waals surface area contributed by atoms with Gasteiger partial charge in [0, 0.05) is 12.5 Å². The molecule has 16 heavy (non-hydrogen) atoms. The Morgan fingerprint density at radius 2 is 2.12 bits per heavy atom. The zero-order valence-electron chi connectivity index (χ0n) is 9.13. The minimum absolute atomic E-state index is 0.110. The lowest BCUT2D eigenvalue weighted by molar-refractivity contribution is -0.111. The molecule has 3 heteroatoms. The Morgan fingerprint density at radius 1 is 1.38 bits per heavy atom. The van der Waals surface area contributed by atoms with E-state index in [9.17, 15) is 9.90 Å². The van der Waals surface area contributed by atoms with Gasteiger partial charge < -0.3 is 14.6 Å². The van der Waals surface area contributed by atoms with Crippen LogP contribution in [0.25, 0.3) is 0 Å². The van der Waals surface area contributed by atoms with Gasteiger partial charge in [-0.2, -0.15) is 0 Å². The quantitative estimate of drug-likeness (QED) is 0.793. The molecule has 86 valence electrons. The highest BCUT2D eigenvalue weighted by Gasteiger charge is 2.25. The summed E-state index contributed by atoms with van der Waals surface area (Å²) in [4.78, 5) is 11.2. The van der Waals surface area contributed by atoms with Crippen LogP contribution in [0.4, 0.5) is 0 Å². The van der Waals surface area contributed by atoms with Crippen molar-refractivity contribution in [3.8, 4) is 5.75 Å². The molecule has 1 aromatic carbocycles. The van der Waals surface area contributed by atoms with E-state index in [2.05, 4.69) is 0 Å². The number of phenolic OH excluding ortho intramolecular Hbond substituents is 1. The van der Waals surface area contributed by atoms with E-state index < -0.39 is 0 Å². The number of rotatable bonds is 3. The predicted molar refractivity (Wildman–Crippen MR) is 60.5 cm³/mol. The van der Waals surface area contributed by atoms with E-state index in [4.69, 9.17) is 4.74 Å². The summed E-state index contributed by atoms with van der Waals surface area (Å²) in [5.41, 5.74) is 0.961. The lowest BCUT2D eigenvalue weighted by Gasteiger charge is -2.27. The van der Waals surface area contributed by atoms with Crippen molar-refractivity contribution < 1.29 is 14.6 Å². The first-order chi connectivity index (χ1) is 7.81. The van der Waals surface area contributed by atoms with Gasteiger partial charge in [-0.3, -0.25) is 0 Å². The Kier molecular flexibility index (Phi) is 3.57. The lowest BCUT2D eigenvalue weighted by atomic mass is 9.84. The number of aromatic hydroxyl groups is 1. The van der Waals surface area contributed by atoms with E-state index in [-0.39, 0.29) is 17.6 Å². The summed E-state index contributed by atoms with van der Waals surface area (Å²) < 4.78 is 5.40. The van der Waals surface area contributed by atoms with Crippen LogP contribution in [0.1, 0.15) is 24.3 Å². The number of ether oxygens (including phenoxy) is 1. The average Bonchev–Trinajstić information content (AvgIpc) is 2.34. The molecule has 1 saturated heterocycles. The van der Waals surface area contributed by atoms with E-state index in [1.54, 1.807) is 12.1 Å². The number of hydrogen-bond donors (Lipinski definition) is 1. The minimum atomic E-state index is -0.110. The van der Waals surface area contributed by atoms with E-state index >= 15 is 0 Å². The molecule has 1 fully saturated rings. The van der Waals surface area contributed by atoms with Crippen LogP contribution in [0, 0.1) is 5.92 Å². The van der Waals surface area contributed by atoms with Crippen LogP contribution in [0.3, 0.4) is 0 Å². The maximum atomic E-state index is 11.2. The van der Waals surface area contributed by atoms with Crippen molar-refractivity contribution in [3.63, 3.8) is 0 Å². The molecule has 0 spiro atoms. The summed E-state index contributed by atoms with van der Waals surface area (Å²) in [6.45, 7) is 1.46. The standard InChI is InChI=1S/C13H16O3/c14-8-13(11-2-1-7-16-9-11)10-3-5-12(15)6-4-10/h3-6,8,11,13,15H,1-2,7,9H2. The van der Waals surface area contributed by atoms with E-state index in [0.717, 1.165) is 31.3 Å². The fourth-order valence-electron chi connectivity index (χ4n) is 2.21. The van der Waals surface area contributed by atoms with Gasteiger partial charge in [0.15, 0.2) is 0 Å². The second-order valence-electron chi connectivity index (χ2n) is 4.23. The third-order valence-corrected chi connectivity index (χ3v) is 3.13. The van der Waals surface area contributed by atoms with Crippen LogP contribution in [0.5, 0.6) is 5.75 Å². The highest BCUT2D eigenvalue weighted by Crippen LogP contribution is 2.30. The second kappa shape index (κ2) is 5.12. The second-order valence-corrected chi connectivity index (χ2v) is 4.23. The Hall–Kier alpha value is -1.35. The van der Waals surface area contributed by atoms with E-state index in [1.165, 1.54) is 0 Å². The molecule has 1 N–H and O–H groups in total. The maximum Gasteiger partial charge on any atom is 0.127 e. The monoisotopic (exact) mass is 220 g/mol. The van der Waals surface area contributed by atoms with Gasteiger partial charge in [0.25, 0.3) is 0 Å². The molecule has 1 heterocycles. The van der Waals surface area contributed by atoms with E-state index in [1.807, 2.05) is 12.1 Å². The van der Waals surface area contributed by atoms with Crippen LogP contribution in [0.15, 0.2) is 24.3 Å². The van der Waals surface area contributed by atoms with Crippen LogP contribution >= 0.6 is 0 Å². The normalized spacial score (nSPS) is 22.6. The molecule has 1 aliphatic heterocycles. The summed E-state index contributed by atoms with van der Waals surface area (Å²) in [5, 5.41) is 9.21. The van der Waals surface area contributed by atoms with Crippen molar-refractivity contribution in [1.82, 2.24) is 0 Å². The molecular formula is C13H16O3. The number of hydrogen-bond acceptors (Lipinski definition) is 3. The van der Waals surface area contributed by atoms with Gasteiger partial charge in [-0.05, 0) is 36.5 Å². The van der Waals surface area contributed by atoms with Crippen LogP contribution < -0.4 is 0 Å². The van der Waals surface area contributed by atoms with Gasteiger partial charge in [0.1, 0.15) is 12.0 Å². The van der Waals surface area contributed by atoms with Gasteiger partial charge in [0.05, 0.1) is 6.61 Å². The van der Waals surface area contributed by atoms with E-state index in [0.29, 0.717) is 6.61 Å². The van der Waals surface area contributed by atoms with Crippen molar-refractivity contribution >= 4 is 6.29 Å². The number of phenols is 1. The van der Waals surface area contributed by atoms with Gasteiger partial charge in [0.2, 0.25) is 0 Å². The highest BCUT2D eigenvalue weighted by molar-refractivity contribution is 5.63. The van der Waals surface area contributed by atoms with Gasteiger partial charge in [-0.25, -0.2) is 0 Å². The fourth-order valence-corrected chi connectivity index (χ4v) is 2.21. The molecule has 2 rings (SSSR count). The summed E-state index contributed by atoms with van der Waals surface area (Å²) in [7, 11) is 0. The topological polar surface area (TPSA) is 46.5 Å². The zero-order chi connectivity index (χ0) is 11.4.